The molecule has 1 unspecified atom stereocenters. The van der Waals surface area contributed by atoms with Gasteiger partial charge in [-0.25, -0.2) is 9.07 Å². The first-order valence-corrected chi connectivity index (χ1v) is 8.08. The summed E-state index contributed by atoms with van der Waals surface area (Å²) in [7, 11) is 1.63. The maximum atomic E-state index is 13.3. The van der Waals surface area contributed by atoms with Gasteiger partial charge in [0.2, 0.25) is 0 Å². The van der Waals surface area contributed by atoms with Crippen LogP contribution in [0, 0.1) is 5.82 Å². The van der Waals surface area contributed by atoms with Crippen molar-refractivity contribution < 1.29 is 4.39 Å². The third kappa shape index (κ3) is 2.92. The lowest BCUT2D eigenvalue weighted by atomic mass is 10.0. The molecule has 1 atom stereocenters. The van der Waals surface area contributed by atoms with Crippen molar-refractivity contribution >= 4 is 21.6 Å². The van der Waals surface area contributed by atoms with Crippen LogP contribution in [0.15, 0.2) is 39.7 Å². The molecule has 2 heterocycles. The summed E-state index contributed by atoms with van der Waals surface area (Å²) >= 11 is 3.39. The molecule has 2 aromatic rings. The molecule has 1 aromatic carbocycles. The van der Waals surface area contributed by atoms with E-state index in [1.807, 2.05) is 6.07 Å². The van der Waals surface area contributed by atoms with Crippen LogP contribution >= 0.6 is 15.9 Å². The summed E-state index contributed by atoms with van der Waals surface area (Å²) in [6, 6.07) is 6.97. The minimum atomic E-state index is -0.210. The first-order chi connectivity index (χ1) is 10.6. The number of aryl methyl sites for hydroxylation is 1. The lowest BCUT2D eigenvalue weighted by molar-refractivity contribution is 0.616. The van der Waals surface area contributed by atoms with E-state index in [4.69, 9.17) is 0 Å². The molecular weight excluding hydrogens is 349 g/mol. The van der Waals surface area contributed by atoms with E-state index in [1.165, 1.54) is 10.7 Å². The predicted octanol–water partition coefficient (Wildman–Crippen LogP) is 2.89. The second-order valence-corrected chi connectivity index (χ2v) is 6.39. The molecule has 0 aliphatic carbocycles. The van der Waals surface area contributed by atoms with Gasteiger partial charge in [0.1, 0.15) is 10.3 Å². The standard InChI is InChI=1S/C16H17BrFN3O/c1-20-16(22)15(17)14(10-19-20)21-7-3-6-13(21)9-11-4-2-5-12(18)8-11/h2,4-5,8,10,13H,3,6-7,9H2,1H3. The van der Waals surface area contributed by atoms with Crippen LogP contribution in [0.1, 0.15) is 18.4 Å². The van der Waals surface area contributed by atoms with Gasteiger partial charge >= 0.3 is 0 Å². The van der Waals surface area contributed by atoms with E-state index in [2.05, 4.69) is 25.9 Å². The maximum Gasteiger partial charge on any atom is 0.282 e. The molecule has 0 amide bonds. The Labute approximate surface area is 136 Å². The Morgan fingerprint density at radius 1 is 1.45 bits per heavy atom. The molecule has 0 spiro atoms. The lowest BCUT2D eigenvalue weighted by Crippen LogP contribution is -2.33. The van der Waals surface area contributed by atoms with Crippen LogP contribution in [0.4, 0.5) is 10.1 Å². The first kappa shape index (κ1) is 15.2. The number of hydrogen-bond acceptors (Lipinski definition) is 3. The Kier molecular flexibility index (Phi) is 4.29. The Hall–Kier alpha value is -1.69. The topological polar surface area (TPSA) is 38.1 Å². The zero-order chi connectivity index (χ0) is 15.7. The molecule has 1 aliphatic heterocycles. The fourth-order valence-corrected chi connectivity index (χ4v) is 3.59. The first-order valence-electron chi connectivity index (χ1n) is 7.29. The molecule has 0 radical (unpaired) electrons. The number of nitrogens with zero attached hydrogens (tertiary/aromatic N) is 3. The van der Waals surface area contributed by atoms with E-state index in [1.54, 1.807) is 25.4 Å². The number of hydrogen-bond donors (Lipinski definition) is 0. The molecule has 0 bridgehead atoms. The van der Waals surface area contributed by atoms with Gasteiger partial charge in [0.05, 0.1) is 11.9 Å². The predicted molar refractivity (Wildman–Crippen MR) is 87.7 cm³/mol. The lowest BCUT2D eigenvalue weighted by Gasteiger charge is -2.27. The van der Waals surface area contributed by atoms with Gasteiger partial charge in [-0.05, 0) is 52.9 Å². The van der Waals surface area contributed by atoms with E-state index in [9.17, 15) is 9.18 Å². The summed E-state index contributed by atoms with van der Waals surface area (Å²) in [4.78, 5) is 14.2. The highest BCUT2D eigenvalue weighted by molar-refractivity contribution is 9.10. The molecule has 0 N–H and O–H groups in total. The van der Waals surface area contributed by atoms with E-state index >= 15 is 0 Å². The van der Waals surface area contributed by atoms with Gasteiger partial charge in [-0.15, -0.1) is 0 Å². The average Bonchev–Trinajstić information content (AvgIpc) is 2.93. The molecule has 22 heavy (non-hydrogen) atoms. The zero-order valence-corrected chi connectivity index (χ0v) is 13.9. The zero-order valence-electron chi connectivity index (χ0n) is 12.3. The summed E-state index contributed by atoms with van der Waals surface area (Å²) in [6.45, 7) is 0.882. The summed E-state index contributed by atoms with van der Waals surface area (Å²) in [5, 5.41) is 4.11. The third-order valence-corrected chi connectivity index (χ3v) is 4.85. The van der Waals surface area contributed by atoms with Crippen LogP contribution in [-0.4, -0.2) is 22.4 Å². The van der Waals surface area contributed by atoms with Crippen molar-refractivity contribution in [3.8, 4) is 0 Å². The monoisotopic (exact) mass is 365 g/mol. The molecule has 3 rings (SSSR count). The van der Waals surface area contributed by atoms with Crippen molar-refractivity contribution in [1.82, 2.24) is 9.78 Å². The fraction of sp³-hybridized carbons (Fsp3) is 0.375. The Bertz CT molecular complexity index is 746. The molecule has 1 fully saturated rings. The van der Waals surface area contributed by atoms with Gasteiger partial charge in [-0.1, -0.05) is 12.1 Å². The Balaban J connectivity index is 1.88. The van der Waals surface area contributed by atoms with Gasteiger partial charge in [0, 0.05) is 19.6 Å². The Morgan fingerprint density at radius 3 is 3.05 bits per heavy atom. The van der Waals surface area contributed by atoms with Crippen molar-refractivity contribution in [2.45, 2.75) is 25.3 Å². The smallest absolute Gasteiger partial charge is 0.282 e. The van der Waals surface area contributed by atoms with Crippen molar-refractivity contribution in [2.24, 2.45) is 7.05 Å². The second kappa shape index (κ2) is 6.20. The van der Waals surface area contributed by atoms with Gasteiger partial charge in [-0.2, -0.15) is 5.10 Å². The molecule has 0 saturated carbocycles. The molecule has 1 saturated heterocycles. The summed E-state index contributed by atoms with van der Waals surface area (Å²) in [5.41, 5.74) is 1.65. The summed E-state index contributed by atoms with van der Waals surface area (Å²) in [5.74, 6) is -0.210. The van der Waals surface area contributed by atoms with Gasteiger partial charge in [0.15, 0.2) is 0 Å². The average molecular weight is 366 g/mol. The van der Waals surface area contributed by atoms with E-state index < -0.39 is 0 Å². The van der Waals surface area contributed by atoms with Crippen LogP contribution < -0.4 is 10.5 Å². The van der Waals surface area contributed by atoms with E-state index in [0.29, 0.717) is 4.47 Å². The number of rotatable bonds is 3. The molecule has 116 valence electrons. The second-order valence-electron chi connectivity index (χ2n) is 5.60. The van der Waals surface area contributed by atoms with Crippen molar-refractivity contribution in [2.75, 3.05) is 11.4 Å². The molecular formula is C16H17BrFN3O. The number of halogens is 2. The Morgan fingerprint density at radius 2 is 2.27 bits per heavy atom. The summed E-state index contributed by atoms with van der Waals surface area (Å²) in [6.07, 6.45) is 4.56. The highest BCUT2D eigenvalue weighted by Crippen LogP contribution is 2.31. The van der Waals surface area contributed by atoms with Crippen LogP contribution in [0.2, 0.25) is 0 Å². The van der Waals surface area contributed by atoms with Gasteiger partial charge in [0.25, 0.3) is 5.56 Å². The third-order valence-electron chi connectivity index (χ3n) is 4.11. The highest BCUT2D eigenvalue weighted by atomic mass is 79.9. The van der Waals surface area contributed by atoms with Crippen molar-refractivity contribution in [3.05, 3.63) is 56.7 Å². The van der Waals surface area contributed by atoms with Gasteiger partial charge < -0.3 is 4.90 Å². The SMILES string of the molecule is Cn1ncc(N2CCCC2Cc2cccc(F)c2)c(Br)c1=O. The van der Waals surface area contributed by atoms with Crippen LogP contribution in [0.5, 0.6) is 0 Å². The molecule has 6 heteroatoms. The molecule has 1 aliphatic rings. The van der Waals surface area contributed by atoms with Crippen molar-refractivity contribution in [3.63, 3.8) is 0 Å². The quantitative estimate of drug-likeness (QED) is 0.839. The van der Waals surface area contributed by atoms with Crippen LogP contribution in [0.25, 0.3) is 0 Å². The normalized spacial score (nSPS) is 18.0. The van der Waals surface area contributed by atoms with E-state index in [0.717, 1.165) is 37.1 Å². The van der Waals surface area contributed by atoms with Crippen LogP contribution in [0.3, 0.4) is 0 Å². The largest absolute Gasteiger partial charge is 0.366 e. The van der Waals surface area contributed by atoms with Crippen LogP contribution in [-0.2, 0) is 13.5 Å². The minimum absolute atomic E-state index is 0.145. The number of benzene rings is 1. The van der Waals surface area contributed by atoms with Crippen molar-refractivity contribution in [1.29, 1.82) is 0 Å². The molecule has 4 nitrogen and oxygen atoms in total. The number of aromatic nitrogens is 2. The fourth-order valence-electron chi connectivity index (χ4n) is 3.00. The number of anilines is 1. The van der Waals surface area contributed by atoms with E-state index in [-0.39, 0.29) is 17.4 Å². The minimum Gasteiger partial charge on any atom is -0.366 e. The summed E-state index contributed by atoms with van der Waals surface area (Å²) < 4.78 is 15.2. The molecule has 1 aromatic heterocycles. The maximum absolute atomic E-state index is 13.3. The highest BCUT2D eigenvalue weighted by Gasteiger charge is 2.27. The van der Waals surface area contributed by atoms with Gasteiger partial charge in [-0.3, -0.25) is 4.79 Å².